The molecule has 136 valence electrons. The van der Waals surface area contributed by atoms with Crippen LogP contribution in [0.15, 0.2) is 23.1 Å². The molecule has 2 heterocycles. The van der Waals surface area contributed by atoms with Gasteiger partial charge in [0.15, 0.2) is 0 Å². The van der Waals surface area contributed by atoms with Crippen molar-refractivity contribution in [3.63, 3.8) is 0 Å². The van der Waals surface area contributed by atoms with E-state index in [0.717, 1.165) is 44.1 Å². The summed E-state index contributed by atoms with van der Waals surface area (Å²) in [4.78, 5) is -0.0338. The molecule has 1 aromatic carbocycles. The minimum absolute atomic E-state index is 0. The van der Waals surface area contributed by atoms with Gasteiger partial charge < -0.3 is 5.32 Å². The Morgan fingerprint density at radius 2 is 1.96 bits per heavy atom. The molecular formula is C15H20ClF3N2O2S. The maximum Gasteiger partial charge on any atom is 0.416 e. The van der Waals surface area contributed by atoms with Gasteiger partial charge >= 0.3 is 6.18 Å². The van der Waals surface area contributed by atoms with E-state index in [9.17, 15) is 21.6 Å². The summed E-state index contributed by atoms with van der Waals surface area (Å²) in [6, 6.07) is 2.81. The molecule has 4 nitrogen and oxygen atoms in total. The number of sulfonamides is 1. The number of rotatable bonds is 2. The van der Waals surface area contributed by atoms with Crippen molar-refractivity contribution in [2.24, 2.45) is 5.41 Å². The number of hydrogen-bond donors (Lipinski definition) is 1. The van der Waals surface area contributed by atoms with E-state index >= 15 is 0 Å². The summed E-state index contributed by atoms with van der Waals surface area (Å²) in [7, 11) is -3.76. The lowest BCUT2D eigenvalue weighted by molar-refractivity contribution is -0.137. The predicted octanol–water partition coefficient (Wildman–Crippen LogP) is 2.81. The van der Waals surface area contributed by atoms with Crippen molar-refractivity contribution in [3.8, 4) is 0 Å². The molecule has 0 aliphatic carbocycles. The van der Waals surface area contributed by atoms with Crippen molar-refractivity contribution in [2.75, 3.05) is 26.2 Å². The van der Waals surface area contributed by atoms with Crippen LogP contribution < -0.4 is 5.32 Å². The predicted molar refractivity (Wildman–Crippen MR) is 86.7 cm³/mol. The monoisotopic (exact) mass is 384 g/mol. The molecule has 0 bridgehead atoms. The zero-order chi connectivity index (χ0) is 16.9. The van der Waals surface area contributed by atoms with Crippen molar-refractivity contribution in [2.45, 2.75) is 30.8 Å². The standard InChI is InChI=1S/C15H19F3N2O2S.ClH/c1-11-8-12(15(16,17)18)2-3-13(11)23(21,22)20-7-5-14(10-20)4-6-19-9-14;/h2-3,8,19H,4-7,9-10H2,1H3;1H. The van der Waals surface area contributed by atoms with Gasteiger partial charge in [-0.1, -0.05) is 0 Å². The molecule has 1 atom stereocenters. The zero-order valence-corrected chi connectivity index (χ0v) is 14.8. The van der Waals surface area contributed by atoms with E-state index in [2.05, 4.69) is 5.32 Å². The fraction of sp³-hybridized carbons (Fsp3) is 0.600. The van der Waals surface area contributed by atoms with Crippen molar-refractivity contribution < 1.29 is 21.6 Å². The number of nitrogens with zero attached hydrogens (tertiary/aromatic N) is 1. The fourth-order valence-electron chi connectivity index (χ4n) is 3.50. The van der Waals surface area contributed by atoms with Crippen LogP contribution in [-0.4, -0.2) is 38.9 Å². The molecule has 2 fully saturated rings. The first-order valence-electron chi connectivity index (χ1n) is 7.53. The molecule has 0 aromatic heterocycles. The van der Waals surface area contributed by atoms with E-state index < -0.39 is 21.8 Å². The Morgan fingerprint density at radius 3 is 2.50 bits per heavy atom. The molecule has 0 radical (unpaired) electrons. The largest absolute Gasteiger partial charge is 0.416 e. The number of nitrogens with one attached hydrogen (secondary N) is 1. The Labute approximate surface area is 145 Å². The van der Waals surface area contributed by atoms with E-state index in [0.29, 0.717) is 13.1 Å². The van der Waals surface area contributed by atoms with E-state index in [4.69, 9.17) is 0 Å². The Bertz CT molecular complexity index is 716. The number of aryl methyl sites for hydroxylation is 1. The lowest BCUT2D eigenvalue weighted by atomic mass is 9.87. The van der Waals surface area contributed by atoms with Crippen LogP contribution in [0.3, 0.4) is 0 Å². The molecule has 9 heteroatoms. The SMILES string of the molecule is Cc1cc(C(F)(F)F)ccc1S(=O)(=O)N1CCC2(CCNC2)C1.Cl. The molecule has 2 aliphatic heterocycles. The third kappa shape index (κ3) is 3.42. The van der Waals surface area contributed by atoms with E-state index in [1.165, 1.54) is 11.2 Å². The maximum absolute atomic E-state index is 12.8. The normalized spacial score (nSPS) is 25.2. The number of halogens is 4. The van der Waals surface area contributed by atoms with Crippen molar-refractivity contribution in [1.82, 2.24) is 9.62 Å². The van der Waals surface area contributed by atoms with E-state index in [1.807, 2.05) is 0 Å². The highest BCUT2D eigenvalue weighted by molar-refractivity contribution is 7.89. The number of alkyl halides is 3. The smallest absolute Gasteiger partial charge is 0.316 e. The summed E-state index contributed by atoms with van der Waals surface area (Å²) in [6.45, 7) is 3.94. The van der Waals surface area contributed by atoms with Crippen LogP contribution in [0.25, 0.3) is 0 Å². The first-order chi connectivity index (χ1) is 10.6. The lowest BCUT2D eigenvalue weighted by Gasteiger charge is -2.23. The highest BCUT2D eigenvalue weighted by Crippen LogP contribution is 2.39. The summed E-state index contributed by atoms with van der Waals surface area (Å²) in [5, 5.41) is 3.26. The van der Waals surface area contributed by atoms with Crippen molar-refractivity contribution in [3.05, 3.63) is 29.3 Å². The molecule has 0 saturated carbocycles. The van der Waals surface area contributed by atoms with Crippen LogP contribution in [0.4, 0.5) is 13.2 Å². The van der Waals surface area contributed by atoms with Crippen LogP contribution in [0.2, 0.25) is 0 Å². The second-order valence-electron chi connectivity index (χ2n) is 6.49. The van der Waals surface area contributed by atoms with E-state index in [-0.39, 0.29) is 28.3 Å². The summed E-state index contributed by atoms with van der Waals surface area (Å²) in [5.41, 5.74) is -0.718. The van der Waals surface area contributed by atoms with Gasteiger partial charge in [0.1, 0.15) is 0 Å². The van der Waals surface area contributed by atoms with Gasteiger partial charge in [-0.15, -0.1) is 12.4 Å². The van der Waals surface area contributed by atoms with Crippen LogP contribution in [-0.2, 0) is 16.2 Å². The Morgan fingerprint density at radius 1 is 1.25 bits per heavy atom. The van der Waals surface area contributed by atoms with Crippen LogP contribution >= 0.6 is 12.4 Å². The number of benzene rings is 1. The molecule has 1 aromatic rings. The molecular weight excluding hydrogens is 365 g/mol. The van der Waals surface area contributed by atoms with Crippen LogP contribution in [0.5, 0.6) is 0 Å². The van der Waals surface area contributed by atoms with Crippen molar-refractivity contribution in [1.29, 1.82) is 0 Å². The maximum atomic E-state index is 12.8. The summed E-state index contributed by atoms with van der Waals surface area (Å²) >= 11 is 0. The van der Waals surface area contributed by atoms with Gasteiger partial charge in [-0.2, -0.15) is 17.5 Å². The minimum atomic E-state index is -4.47. The van der Waals surface area contributed by atoms with Gasteiger partial charge in [0.2, 0.25) is 10.0 Å². The van der Waals surface area contributed by atoms with Gasteiger partial charge in [-0.3, -0.25) is 0 Å². The molecule has 1 N–H and O–H groups in total. The quantitative estimate of drug-likeness (QED) is 0.853. The Hall–Kier alpha value is -0.830. The summed E-state index contributed by atoms with van der Waals surface area (Å²) in [6.07, 6.45) is -2.75. The van der Waals surface area contributed by atoms with Gasteiger partial charge in [-0.25, -0.2) is 8.42 Å². The second-order valence-corrected chi connectivity index (χ2v) is 8.40. The zero-order valence-electron chi connectivity index (χ0n) is 13.2. The first-order valence-corrected chi connectivity index (χ1v) is 8.97. The van der Waals surface area contributed by atoms with Gasteiger partial charge in [0.25, 0.3) is 0 Å². The molecule has 0 amide bonds. The third-order valence-corrected chi connectivity index (χ3v) is 6.86. The lowest BCUT2D eigenvalue weighted by Crippen LogP contribution is -2.33. The Balaban J connectivity index is 0.00000208. The molecule has 1 unspecified atom stereocenters. The number of hydrogen-bond acceptors (Lipinski definition) is 3. The van der Waals surface area contributed by atoms with Gasteiger partial charge in [-0.05, 0) is 55.5 Å². The van der Waals surface area contributed by atoms with Crippen LogP contribution in [0.1, 0.15) is 24.0 Å². The molecule has 24 heavy (non-hydrogen) atoms. The Kier molecular flexibility index (Phi) is 5.26. The molecule has 1 spiro atoms. The van der Waals surface area contributed by atoms with Crippen molar-refractivity contribution >= 4 is 22.4 Å². The molecule has 2 aliphatic rings. The highest BCUT2D eigenvalue weighted by atomic mass is 35.5. The molecule has 2 saturated heterocycles. The fourth-order valence-corrected chi connectivity index (χ4v) is 5.26. The minimum Gasteiger partial charge on any atom is -0.316 e. The summed E-state index contributed by atoms with van der Waals surface area (Å²) in [5.74, 6) is 0. The van der Waals surface area contributed by atoms with Gasteiger partial charge in [0, 0.05) is 19.6 Å². The topological polar surface area (TPSA) is 49.4 Å². The average Bonchev–Trinajstić information content (AvgIpc) is 3.08. The van der Waals surface area contributed by atoms with Gasteiger partial charge in [0.05, 0.1) is 10.5 Å². The van der Waals surface area contributed by atoms with E-state index in [1.54, 1.807) is 0 Å². The molecule has 3 rings (SSSR count). The third-order valence-electron chi connectivity index (χ3n) is 4.86. The first kappa shape index (κ1) is 19.5. The highest BCUT2D eigenvalue weighted by Gasteiger charge is 2.45. The van der Waals surface area contributed by atoms with Crippen LogP contribution in [0, 0.1) is 12.3 Å². The summed E-state index contributed by atoms with van der Waals surface area (Å²) < 4.78 is 65.2. The second kappa shape index (κ2) is 6.48. The average molecular weight is 385 g/mol.